The number of nitrogens with one attached hydrogen (secondary N) is 1. The zero-order valence-electron chi connectivity index (χ0n) is 12.2. The molecule has 0 spiro atoms. The molecule has 0 radical (unpaired) electrons. The van der Waals surface area contributed by atoms with Crippen molar-refractivity contribution < 1.29 is 4.52 Å². The summed E-state index contributed by atoms with van der Waals surface area (Å²) in [6, 6.07) is 2.68. The van der Waals surface area contributed by atoms with Gasteiger partial charge in [-0.25, -0.2) is 0 Å². The number of nitrogens with zero attached hydrogens (tertiary/aromatic N) is 2. The van der Waals surface area contributed by atoms with Crippen LogP contribution >= 0.6 is 0 Å². The molecule has 0 unspecified atom stereocenters. The Morgan fingerprint density at radius 3 is 2.67 bits per heavy atom. The monoisotopic (exact) mass is 253 g/mol. The highest BCUT2D eigenvalue weighted by atomic mass is 16.5. The minimum Gasteiger partial charge on any atom is -0.360 e. The summed E-state index contributed by atoms with van der Waals surface area (Å²) in [6.45, 7) is 9.27. The lowest BCUT2D eigenvalue weighted by Gasteiger charge is -2.24. The SMILES string of the molecule is CCCNCc1cc(CN(C)C(CC)CC)on1. The molecular formula is C14H27N3O. The molecule has 0 aromatic carbocycles. The molecule has 104 valence electrons. The Balaban J connectivity index is 2.42. The van der Waals surface area contributed by atoms with E-state index in [1.54, 1.807) is 0 Å². The van der Waals surface area contributed by atoms with E-state index in [0.29, 0.717) is 6.04 Å². The van der Waals surface area contributed by atoms with Crippen molar-refractivity contribution in [1.82, 2.24) is 15.4 Å². The highest BCUT2D eigenvalue weighted by molar-refractivity contribution is 5.05. The lowest BCUT2D eigenvalue weighted by Crippen LogP contribution is -2.29. The molecule has 0 aliphatic rings. The van der Waals surface area contributed by atoms with E-state index in [1.807, 2.05) is 0 Å². The molecule has 0 fully saturated rings. The van der Waals surface area contributed by atoms with Gasteiger partial charge >= 0.3 is 0 Å². The average Bonchev–Trinajstić information content (AvgIpc) is 2.79. The van der Waals surface area contributed by atoms with E-state index in [-0.39, 0.29) is 0 Å². The molecule has 0 saturated carbocycles. The maximum Gasteiger partial charge on any atom is 0.151 e. The van der Waals surface area contributed by atoms with Crippen LogP contribution in [0.2, 0.25) is 0 Å². The molecule has 4 heteroatoms. The summed E-state index contributed by atoms with van der Waals surface area (Å²) in [5.74, 6) is 0.956. The van der Waals surface area contributed by atoms with E-state index in [2.05, 4.69) is 49.3 Å². The summed E-state index contributed by atoms with van der Waals surface area (Å²) in [5, 5.41) is 7.41. The fourth-order valence-corrected chi connectivity index (χ4v) is 2.19. The van der Waals surface area contributed by atoms with Gasteiger partial charge in [-0.15, -0.1) is 0 Å². The third-order valence-electron chi connectivity index (χ3n) is 3.31. The number of hydrogen-bond donors (Lipinski definition) is 1. The van der Waals surface area contributed by atoms with Crippen molar-refractivity contribution in [1.29, 1.82) is 0 Å². The van der Waals surface area contributed by atoms with Gasteiger partial charge in [-0.2, -0.15) is 0 Å². The quantitative estimate of drug-likeness (QED) is 0.687. The average molecular weight is 253 g/mol. The summed E-state index contributed by atoms with van der Waals surface area (Å²) in [6.07, 6.45) is 3.49. The Labute approximate surface area is 111 Å². The highest BCUT2D eigenvalue weighted by Crippen LogP contribution is 2.12. The molecule has 0 amide bonds. The Bertz CT molecular complexity index is 321. The van der Waals surface area contributed by atoms with Crippen molar-refractivity contribution in [3.63, 3.8) is 0 Å². The normalized spacial score (nSPS) is 11.7. The minimum atomic E-state index is 0.622. The van der Waals surface area contributed by atoms with E-state index in [9.17, 15) is 0 Å². The first-order valence-corrected chi connectivity index (χ1v) is 7.06. The first kappa shape index (κ1) is 15.2. The van der Waals surface area contributed by atoms with Crippen LogP contribution in [-0.4, -0.2) is 29.7 Å². The van der Waals surface area contributed by atoms with E-state index < -0.39 is 0 Å². The Hall–Kier alpha value is -0.870. The largest absolute Gasteiger partial charge is 0.360 e. The smallest absolute Gasteiger partial charge is 0.151 e. The zero-order valence-corrected chi connectivity index (χ0v) is 12.2. The van der Waals surface area contributed by atoms with Crippen LogP contribution in [-0.2, 0) is 13.1 Å². The van der Waals surface area contributed by atoms with E-state index in [4.69, 9.17) is 4.52 Å². The van der Waals surface area contributed by atoms with E-state index >= 15 is 0 Å². The number of rotatable bonds is 9. The maximum absolute atomic E-state index is 5.37. The minimum absolute atomic E-state index is 0.622. The lowest BCUT2D eigenvalue weighted by molar-refractivity contribution is 0.197. The first-order chi connectivity index (χ1) is 8.71. The third kappa shape index (κ3) is 4.78. The lowest BCUT2D eigenvalue weighted by atomic mass is 10.1. The van der Waals surface area contributed by atoms with Gasteiger partial charge in [-0.05, 0) is 32.9 Å². The van der Waals surface area contributed by atoms with Gasteiger partial charge in [0.05, 0.1) is 12.2 Å². The Morgan fingerprint density at radius 1 is 1.33 bits per heavy atom. The van der Waals surface area contributed by atoms with Crippen LogP contribution in [0, 0.1) is 0 Å². The van der Waals surface area contributed by atoms with Crippen molar-refractivity contribution in [3.8, 4) is 0 Å². The molecule has 1 aromatic heterocycles. The standard InChI is InChI=1S/C14H27N3O/c1-5-8-15-10-12-9-14(18-16-12)11-17(4)13(6-2)7-3/h9,13,15H,5-8,10-11H2,1-4H3. The number of hydrogen-bond acceptors (Lipinski definition) is 4. The van der Waals surface area contributed by atoms with Crippen molar-refractivity contribution in [2.75, 3.05) is 13.6 Å². The molecule has 18 heavy (non-hydrogen) atoms. The molecule has 4 nitrogen and oxygen atoms in total. The van der Waals surface area contributed by atoms with Crippen LogP contribution in [0.1, 0.15) is 51.5 Å². The van der Waals surface area contributed by atoms with Crippen LogP contribution in [0.15, 0.2) is 10.6 Å². The third-order valence-corrected chi connectivity index (χ3v) is 3.31. The summed E-state index contributed by atoms with van der Waals surface area (Å²) in [4.78, 5) is 2.34. The molecule has 0 atom stereocenters. The van der Waals surface area contributed by atoms with Gasteiger partial charge < -0.3 is 9.84 Å². The fourth-order valence-electron chi connectivity index (χ4n) is 2.19. The summed E-state index contributed by atoms with van der Waals surface area (Å²) in [7, 11) is 2.15. The molecular weight excluding hydrogens is 226 g/mol. The van der Waals surface area contributed by atoms with Gasteiger partial charge in [-0.1, -0.05) is 25.9 Å². The van der Waals surface area contributed by atoms with Gasteiger partial charge in [0.15, 0.2) is 5.76 Å². The second kappa shape index (κ2) is 8.27. The van der Waals surface area contributed by atoms with Crippen molar-refractivity contribution in [3.05, 3.63) is 17.5 Å². The van der Waals surface area contributed by atoms with Gasteiger partial charge in [-0.3, -0.25) is 4.90 Å². The molecule has 1 rings (SSSR count). The molecule has 0 bridgehead atoms. The van der Waals surface area contributed by atoms with Crippen molar-refractivity contribution in [2.45, 2.75) is 59.2 Å². The van der Waals surface area contributed by atoms with Gasteiger partial charge in [0, 0.05) is 18.7 Å². The fraction of sp³-hybridized carbons (Fsp3) is 0.786. The van der Waals surface area contributed by atoms with Crippen LogP contribution in [0.4, 0.5) is 0 Å². The topological polar surface area (TPSA) is 41.3 Å². The predicted octanol–water partition coefficient (Wildman–Crippen LogP) is 2.79. The Morgan fingerprint density at radius 2 is 2.06 bits per heavy atom. The molecule has 1 N–H and O–H groups in total. The Kier molecular flexibility index (Phi) is 6.98. The second-order valence-electron chi connectivity index (χ2n) is 4.85. The summed E-state index contributed by atoms with van der Waals surface area (Å²) < 4.78 is 5.37. The van der Waals surface area contributed by atoms with Gasteiger partial charge in [0.25, 0.3) is 0 Å². The van der Waals surface area contributed by atoms with Crippen LogP contribution in [0.25, 0.3) is 0 Å². The second-order valence-corrected chi connectivity index (χ2v) is 4.85. The predicted molar refractivity (Wildman–Crippen MR) is 74.3 cm³/mol. The molecule has 0 aliphatic carbocycles. The van der Waals surface area contributed by atoms with Crippen LogP contribution < -0.4 is 5.32 Å². The molecule has 1 aromatic rings. The summed E-state index contributed by atoms with van der Waals surface area (Å²) in [5.41, 5.74) is 0.997. The highest BCUT2D eigenvalue weighted by Gasteiger charge is 2.13. The van der Waals surface area contributed by atoms with Crippen molar-refractivity contribution >= 4 is 0 Å². The summed E-state index contributed by atoms with van der Waals surface area (Å²) >= 11 is 0. The first-order valence-electron chi connectivity index (χ1n) is 7.06. The van der Waals surface area contributed by atoms with E-state index in [1.165, 1.54) is 12.8 Å². The zero-order chi connectivity index (χ0) is 13.4. The van der Waals surface area contributed by atoms with E-state index in [0.717, 1.165) is 37.5 Å². The maximum atomic E-state index is 5.37. The van der Waals surface area contributed by atoms with Crippen molar-refractivity contribution in [2.24, 2.45) is 0 Å². The molecule has 0 aliphatic heterocycles. The van der Waals surface area contributed by atoms with Gasteiger partial charge in [0.2, 0.25) is 0 Å². The van der Waals surface area contributed by atoms with Crippen LogP contribution in [0.5, 0.6) is 0 Å². The van der Waals surface area contributed by atoms with Gasteiger partial charge in [0.1, 0.15) is 0 Å². The molecule has 1 heterocycles. The molecule has 0 saturated heterocycles. The van der Waals surface area contributed by atoms with Crippen LogP contribution in [0.3, 0.4) is 0 Å². The number of aromatic nitrogens is 1.